The third kappa shape index (κ3) is 3.55. The van der Waals surface area contributed by atoms with Crippen LogP contribution < -0.4 is 0 Å². The van der Waals surface area contributed by atoms with Crippen LogP contribution in [0.4, 0.5) is 4.39 Å². The zero-order valence-electron chi connectivity index (χ0n) is 11.1. The highest BCUT2D eigenvalue weighted by Crippen LogP contribution is 2.30. The van der Waals surface area contributed by atoms with Crippen LogP contribution in [0.25, 0.3) is 0 Å². The minimum atomic E-state index is -0.659. The summed E-state index contributed by atoms with van der Waals surface area (Å²) in [5, 5.41) is 10.2. The average molecular weight is 277 g/mol. The van der Waals surface area contributed by atoms with E-state index in [1.165, 1.54) is 17.8 Å². The van der Waals surface area contributed by atoms with E-state index in [9.17, 15) is 9.50 Å². The number of aryl methyl sites for hydroxylation is 2. The van der Waals surface area contributed by atoms with Gasteiger partial charge in [-0.25, -0.2) is 9.37 Å². The van der Waals surface area contributed by atoms with Gasteiger partial charge in [0.15, 0.2) is 0 Å². The van der Waals surface area contributed by atoms with Crippen molar-refractivity contribution < 1.29 is 9.50 Å². The van der Waals surface area contributed by atoms with Crippen molar-refractivity contribution in [3.05, 3.63) is 53.0 Å². The zero-order chi connectivity index (χ0) is 14.0. The number of halogens is 1. The monoisotopic (exact) mass is 277 g/mol. The van der Waals surface area contributed by atoms with Gasteiger partial charge in [-0.15, -0.1) is 0 Å². The summed E-state index contributed by atoms with van der Waals surface area (Å²) < 4.78 is 13.9. The predicted molar refractivity (Wildman–Crippen MR) is 74.9 cm³/mol. The van der Waals surface area contributed by atoms with Crippen molar-refractivity contribution in [2.24, 2.45) is 0 Å². The second-order valence-electron chi connectivity index (χ2n) is 4.59. The maximum Gasteiger partial charge on any atom is 0.137 e. The fourth-order valence-corrected chi connectivity index (χ4v) is 2.78. The minimum Gasteiger partial charge on any atom is -0.389 e. The molecule has 2 rings (SSSR count). The lowest BCUT2D eigenvalue weighted by molar-refractivity contribution is 0.198. The Morgan fingerprint density at radius 3 is 2.53 bits per heavy atom. The molecule has 0 saturated carbocycles. The number of rotatable bonds is 3. The molecular formula is C15H16FNOS. The van der Waals surface area contributed by atoms with Gasteiger partial charge < -0.3 is 5.11 Å². The number of benzene rings is 1. The van der Waals surface area contributed by atoms with Crippen molar-refractivity contribution in [1.29, 1.82) is 0 Å². The predicted octanol–water partition coefficient (Wildman–Crippen LogP) is 4.04. The van der Waals surface area contributed by atoms with Crippen molar-refractivity contribution in [3.63, 3.8) is 0 Å². The Morgan fingerprint density at radius 2 is 1.95 bits per heavy atom. The number of aliphatic hydroxyl groups excluding tert-OH is 1. The van der Waals surface area contributed by atoms with Crippen LogP contribution in [0.5, 0.6) is 0 Å². The summed E-state index contributed by atoms with van der Waals surface area (Å²) in [5.41, 5.74) is 2.61. The highest BCUT2D eigenvalue weighted by atomic mass is 32.2. The number of nitrogens with zero attached hydrogens (tertiary/aromatic N) is 1. The summed E-state index contributed by atoms with van der Waals surface area (Å²) in [6, 6.07) is 8.70. The molecular weight excluding hydrogens is 261 g/mol. The summed E-state index contributed by atoms with van der Waals surface area (Å²) in [5.74, 6) is -0.329. The number of pyridine rings is 1. The second-order valence-corrected chi connectivity index (χ2v) is 5.65. The molecule has 1 aromatic heterocycles. The Kier molecular flexibility index (Phi) is 4.22. The van der Waals surface area contributed by atoms with Gasteiger partial charge in [-0.1, -0.05) is 17.8 Å². The fraction of sp³-hybridized carbons (Fsp3) is 0.267. The van der Waals surface area contributed by atoms with E-state index in [2.05, 4.69) is 4.98 Å². The number of aliphatic hydroxyl groups is 1. The van der Waals surface area contributed by atoms with Gasteiger partial charge in [-0.05, 0) is 56.2 Å². The van der Waals surface area contributed by atoms with Gasteiger partial charge in [0, 0.05) is 10.6 Å². The SMILES string of the molecule is Cc1cc(C)nc(Sc2ccc(C(C)O)cc2F)c1. The van der Waals surface area contributed by atoms with E-state index in [1.807, 2.05) is 26.0 Å². The summed E-state index contributed by atoms with van der Waals surface area (Å²) in [7, 11) is 0. The Morgan fingerprint density at radius 1 is 1.21 bits per heavy atom. The molecule has 0 aliphatic heterocycles. The van der Waals surface area contributed by atoms with E-state index in [1.54, 1.807) is 19.1 Å². The third-order valence-corrected chi connectivity index (χ3v) is 3.70. The van der Waals surface area contributed by atoms with Crippen molar-refractivity contribution in [2.75, 3.05) is 0 Å². The van der Waals surface area contributed by atoms with Gasteiger partial charge in [0.2, 0.25) is 0 Å². The molecule has 0 fully saturated rings. The molecule has 100 valence electrons. The van der Waals surface area contributed by atoms with Crippen molar-refractivity contribution in [2.45, 2.75) is 36.8 Å². The van der Waals surface area contributed by atoms with E-state index in [-0.39, 0.29) is 5.82 Å². The topological polar surface area (TPSA) is 33.1 Å². The maximum absolute atomic E-state index is 13.9. The first kappa shape index (κ1) is 14.0. The van der Waals surface area contributed by atoms with Gasteiger partial charge in [-0.3, -0.25) is 0 Å². The molecule has 19 heavy (non-hydrogen) atoms. The Hall–Kier alpha value is -1.39. The van der Waals surface area contributed by atoms with Gasteiger partial charge in [0.05, 0.1) is 6.10 Å². The molecule has 1 unspecified atom stereocenters. The van der Waals surface area contributed by atoms with Crippen LogP contribution in [0.15, 0.2) is 40.3 Å². The lowest BCUT2D eigenvalue weighted by Gasteiger charge is -2.08. The first-order chi connectivity index (χ1) is 8.95. The summed E-state index contributed by atoms with van der Waals surface area (Å²) in [6.07, 6.45) is -0.659. The lowest BCUT2D eigenvalue weighted by Crippen LogP contribution is -1.93. The molecule has 0 bridgehead atoms. The molecule has 2 aromatic rings. The van der Waals surface area contributed by atoms with Crippen molar-refractivity contribution >= 4 is 11.8 Å². The first-order valence-electron chi connectivity index (χ1n) is 6.06. The molecule has 0 aliphatic carbocycles. The van der Waals surface area contributed by atoms with Crippen molar-refractivity contribution in [3.8, 4) is 0 Å². The highest BCUT2D eigenvalue weighted by molar-refractivity contribution is 7.99. The molecule has 0 amide bonds. The Labute approximate surface area is 116 Å². The van der Waals surface area contributed by atoms with Crippen LogP contribution in [0.3, 0.4) is 0 Å². The second kappa shape index (κ2) is 5.72. The summed E-state index contributed by atoms with van der Waals surface area (Å²) in [4.78, 5) is 4.89. The molecule has 0 aliphatic rings. The Balaban J connectivity index is 2.28. The smallest absolute Gasteiger partial charge is 0.137 e. The quantitative estimate of drug-likeness (QED) is 0.919. The Bertz CT molecular complexity index is 578. The number of aromatic nitrogens is 1. The van der Waals surface area contributed by atoms with Gasteiger partial charge in [-0.2, -0.15) is 0 Å². The van der Waals surface area contributed by atoms with Gasteiger partial charge in [0.1, 0.15) is 10.8 Å². The first-order valence-corrected chi connectivity index (χ1v) is 6.88. The molecule has 0 saturated heterocycles. The summed E-state index contributed by atoms with van der Waals surface area (Å²) in [6.45, 7) is 5.53. The largest absolute Gasteiger partial charge is 0.389 e. The van der Waals surface area contributed by atoms with E-state index in [4.69, 9.17) is 0 Å². The maximum atomic E-state index is 13.9. The van der Waals surface area contributed by atoms with Crippen LogP contribution in [0, 0.1) is 19.7 Å². The van der Waals surface area contributed by atoms with Crippen molar-refractivity contribution in [1.82, 2.24) is 4.98 Å². The van der Waals surface area contributed by atoms with Crippen LogP contribution in [-0.4, -0.2) is 10.1 Å². The molecule has 1 heterocycles. The molecule has 0 spiro atoms. The normalized spacial score (nSPS) is 12.5. The zero-order valence-corrected chi connectivity index (χ0v) is 12.0. The third-order valence-electron chi connectivity index (χ3n) is 2.73. The van der Waals surface area contributed by atoms with Crippen LogP contribution in [0.1, 0.15) is 29.8 Å². The van der Waals surface area contributed by atoms with Crippen LogP contribution >= 0.6 is 11.8 Å². The lowest BCUT2D eigenvalue weighted by atomic mass is 10.1. The highest BCUT2D eigenvalue weighted by Gasteiger charge is 2.09. The number of hydrogen-bond acceptors (Lipinski definition) is 3. The molecule has 1 N–H and O–H groups in total. The molecule has 0 radical (unpaired) electrons. The van der Waals surface area contributed by atoms with E-state index in [0.29, 0.717) is 10.5 Å². The van der Waals surface area contributed by atoms with E-state index in [0.717, 1.165) is 16.3 Å². The van der Waals surface area contributed by atoms with Crippen LogP contribution in [-0.2, 0) is 0 Å². The molecule has 1 atom stereocenters. The van der Waals surface area contributed by atoms with E-state index < -0.39 is 6.10 Å². The number of hydrogen-bond donors (Lipinski definition) is 1. The minimum absolute atomic E-state index is 0.329. The fourth-order valence-electron chi connectivity index (χ4n) is 1.83. The van der Waals surface area contributed by atoms with Gasteiger partial charge in [0.25, 0.3) is 0 Å². The molecule has 1 aromatic carbocycles. The van der Waals surface area contributed by atoms with Crippen LogP contribution in [0.2, 0.25) is 0 Å². The molecule has 4 heteroatoms. The molecule has 2 nitrogen and oxygen atoms in total. The standard InChI is InChI=1S/C15H16FNOS/c1-9-6-10(2)17-15(7-9)19-14-5-4-12(11(3)18)8-13(14)16/h4-8,11,18H,1-3H3. The van der Waals surface area contributed by atoms with Gasteiger partial charge >= 0.3 is 0 Å². The van der Waals surface area contributed by atoms with E-state index >= 15 is 0 Å². The summed E-state index contributed by atoms with van der Waals surface area (Å²) >= 11 is 1.30. The average Bonchev–Trinajstić information content (AvgIpc) is 2.30.